The second-order valence-corrected chi connectivity index (χ2v) is 4.42. The lowest BCUT2D eigenvalue weighted by atomic mass is 10.1. The van der Waals surface area contributed by atoms with Crippen LogP contribution in [0.2, 0.25) is 0 Å². The SMILES string of the molecule is Cc1cc(C(F)(F)F)c2nsc(C)c2c1. The summed E-state index contributed by atoms with van der Waals surface area (Å²) >= 11 is 1.11. The number of halogens is 3. The molecule has 0 atom stereocenters. The Balaban J connectivity index is 2.84. The Labute approximate surface area is 88.7 Å². The number of hydrogen-bond donors (Lipinski definition) is 0. The number of hydrogen-bond acceptors (Lipinski definition) is 2. The van der Waals surface area contributed by atoms with Crippen molar-refractivity contribution >= 4 is 22.4 Å². The smallest absolute Gasteiger partial charge is 0.192 e. The molecular formula is C10H8F3NS. The second kappa shape index (κ2) is 3.20. The highest BCUT2D eigenvalue weighted by Gasteiger charge is 2.34. The van der Waals surface area contributed by atoms with Gasteiger partial charge in [0.25, 0.3) is 0 Å². The molecule has 1 nitrogen and oxygen atoms in total. The van der Waals surface area contributed by atoms with Crippen molar-refractivity contribution < 1.29 is 13.2 Å². The first kappa shape index (κ1) is 10.4. The Hall–Kier alpha value is -1.10. The zero-order chi connectivity index (χ0) is 11.2. The van der Waals surface area contributed by atoms with Gasteiger partial charge >= 0.3 is 6.18 Å². The van der Waals surface area contributed by atoms with Crippen molar-refractivity contribution in [3.8, 4) is 0 Å². The predicted molar refractivity (Wildman–Crippen MR) is 54.1 cm³/mol. The summed E-state index contributed by atoms with van der Waals surface area (Å²) in [4.78, 5) is 0.819. The summed E-state index contributed by atoms with van der Waals surface area (Å²) in [6, 6.07) is 2.88. The number of alkyl halides is 3. The minimum Gasteiger partial charge on any atom is -0.192 e. The highest BCUT2D eigenvalue weighted by atomic mass is 32.1. The Morgan fingerprint density at radius 3 is 2.47 bits per heavy atom. The van der Waals surface area contributed by atoms with E-state index in [0.29, 0.717) is 10.9 Å². The lowest BCUT2D eigenvalue weighted by Crippen LogP contribution is -2.06. The van der Waals surface area contributed by atoms with Gasteiger partial charge in [-0.3, -0.25) is 0 Å². The van der Waals surface area contributed by atoms with E-state index in [0.717, 1.165) is 22.5 Å². The molecule has 1 aromatic carbocycles. The molecule has 2 aromatic rings. The molecule has 0 radical (unpaired) electrons. The molecular weight excluding hydrogens is 223 g/mol. The summed E-state index contributed by atoms with van der Waals surface area (Å²) in [6.45, 7) is 3.44. The maximum atomic E-state index is 12.7. The van der Waals surface area contributed by atoms with Crippen molar-refractivity contribution in [2.45, 2.75) is 20.0 Å². The Kier molecular flexibility index (Phi) is 2.22. The normalized spacial score (nSPS) is 12.3. The van der Waals surface area contributed by atoms with E-state index in [1.165, 1.54) is 0 Å². The van der Waals surface area contributed by atoms with Crippen LogP contribution >= 0.6 is 11.5 Å². The van der Waals surface area contributed by atoms with Gasteiger partial charge in [0.15, 0.2) is 0 Å². The minimum atomic E-state index is -4.33. The first-order chi connectivity index (χ1) is 6.89. The molecule has 15 heavy (non-hydrogen) atoms. The number of fused-ring (bicyclic) bond motifs is 1. The highest BCUT2D eigenvalue weighted by Crippen LogP contribution is 2.36. The summed E-state index contributed by atoms with van der Waals surface area (Å²) in [7, 11) is 0. The quantitative estimate of drug-likeness (QED) is 0.669. The molecule has 1 heterocycles. The summed E-state index contributed by atoms with van der Waals surface area (Å²) in [5.41, 5.74) is 0.0376. The fourth-order valence-corrected chi connectivity index (χ4v) is 2.20. The second-order valence-electron chi connectivity index (χ2n) is 3.45. The highest BCUT2D eigenvalue weighted by molar-refractivity contribution is 7.07. The van der Waals surface area contributed by atoms with Crippen LogP contribution in [0, 0.1) is 13.8 Å². The molecule has 2 rings (SSSR count). The molecule has 0 N–H and O–H groups in total. The molecule has 0 fully saturated rings. The number of benzene rings is 1. The number of aromatic nitrogens is 1. The van der Waals surface area contributed by atoms with Crippen LogP contribution in [0.5, 0.6) is 0 Å². The van der Waals surface area contributed by atoms with Gasteiger partial charge < -0.3 is 0 Å². The fraction of sp³-hybridized carbons (Fsp3) is 0.300. The molecule has 80 valence electrons. The molecule has 5 heteroatoms. The molecule has 0 bridgehead atoms. The zero-order valence-electron chi connectivity index (χ0n) is 8.14. The Morgan fingerprint density at radius 1 is 1.20 bits per heavy atom. The number of rotatable bonds is 0. The van der Waals surface area contributed by atoms with E-state index in [4.69, 9.17) is 0 Å². The molecule has 0 aliphatic carbocycles. The van der Waals surface area contributed by atoms with Crippen molar-refractivity contribution in [2.24, 2.45) is 0 Å². The first-order valence-electron chi connectivity index (χ1n) is 4.33. The monoisotopic (exact) mass is 231 g/mol. The van der Waals surface area contributed by atoms with Gasteiger partial charge in [-0.2, -0.15) is 17.5 Å². The summed E-state index contributed by atoms with van der Waals surface area (Å²) in [5.74, 6) is 0. The fourth-order valence-electron chi connectivity index (χ4n) is 1.52. The maximum absolute atomic E-state index is 12.7. The Bertz CT molecular complexity index is 513. The maximum Gasteiger partial charge on any atom is 0.418 e. The van der Waals surface area contributed by atoms with Gasteiger partial charge in [0.2, 0.25) is 0 Å². The van der Waals surface area contributed by atoms with Gasteiger partial charge in [-0.15, -0.1) is 0 Å². The van der Waals surface area contributed by atoms with E-state index in [2.05, 4.69) is 4.37 Å². The largest absolute Gasteiger partial charge is 0.418 e. The van der Waals surface area contributed by atoms with Gasteiger partial charge in [-0.1, -0.05) is 0 Å². The molecule has 0 unspecified atom stereocenters. The van der Waals surface area contributed by atoms with Crippen molar-refractivity contribution in [1.82, 2.24) is 4.37 Å². The predicted octanol–water partition coefficient (Wildman–Crippen LogP) is 3.93. The van der Waals surface area contributed by atoms with Crippen molar-refractivity contribution in [2.75, 3.05) is 0 Å². The third kappa shape index (κ3) is 1.71. The van der Waals surface area contributed by atoms with Gasteiger partial charge in [0.1, 0.15) is 0 Å². The number of aryl methyl sites for hydroxylation is 2. The lowest BCUT2D eigenvalue weighted by molar-refractivity contribution is -0.136. The molecule has 0 spiro atoms. The van der Waals surface area contributed by atoms with Crippen LogP contribution in [0.15, 0.2) is 12.1 Å². The first-order valence-corrected chi connectivity index (χ1v) is 5.11. The van der Waals surface area contributed by atoms with Crippen LogP contribution < -0.4 is 0 Å². The molecule has 0 saturated carbocycles. The van der Waals surface area contributed by atoms with Crippen molar-refractivity contribution in [1.29, 1.82) is 0 Å². The summed E-state index contributed by atoms with van der Waals surface area (Å²) in [6.07, 6.45) is -4.33. The van der Waals surface area contributed by atoms with Gasteiger partial charge in [-0.05, 0) is 43.1 Å². The van der Waals surface area contributed by atoms with Gasteiger partial charge in [-0.25, -0.2) is 0 Å². The van der Waals surface area contributed by atoms with E-state index in [9.17, 15) is 13.2 Å². The molecule has 0 aliphatic rings. The average Bonchev–Trinajstić information content (AvgIpc) is 2.45. The van der Waals surface area contributed by atoms with Crippen molar-refractivity contribution in [3.05, 3.63) is 28.1 Å². The summed E-state index contributed by atoms with van der Waals surface area (Å²) in [5, 5.41) is 0.604. The van der Waals surface area contributed by atoms with Gasteiger partial charge in [0, 0.05) is 10.3 Å². The molecule has 0 amide bonds. The van der Waals surface area contributed by atoms with Crippen LogP contribution in [0.4, 0.5) is 13.2 Å². The zero-order valence-corrected chi connectivity index (χ0v) is 8.96. The summed E-state index contributed by atoms with van der Waals surface area (Å²) < 4.78 is 41.9. The van der Waals surface area contributed by atoms with Crippen molar-refractivity contribution in [3.63, 3.8) is 0 Å². The lowest BCUT2D eigenvalue weighted by Gasteiger charge is -2.08. The van der Waals surface area contributed by atoms with Crippen LogP contribution in [-0.2, 0) is 6.18 Å². The van der Waals surface area contributed by atoms with E-state index >= 15 is 0 Å². The molecule has 1 aromatic heterocycles. The Morgan fingerprint density at radius 2 is 1.87 bits per heavy atom. The van der Waals surface area contributed by atoms with Gasteiger partial charge in [0.05, 0.1) is 11.1 Å². The van der Waals surface area contributed by atoms with Crippen LogP contribution in [-0.4, -0.2) is 4.37 Å². The van der Waals surface area contributed by atoms with E-state index in [1.807, 2.05) is 0 Å². The van der Waals surface area contributed by atoms with Crippen LogP contribution in [0.3, 0.4) is 0 Å². The standard InChI is InChI=1S/C10H8F3NS/c1-5-3-7-6(2)15-14-9(7)8(4-5)10(11,12)13/h3-4H,1-2H3. The van der Waals surface area contributed by atoms with E-state index in [-0.39, 0.29) is 5.52 Å². The van der Waals surface area contributed by atoms with E-state index in [1.54, 1.807) is 19.9 Å². The number of nitrogens with zero attached hydrogens (tertiary/aromatic N) is 1. The third-order valence-electron chi connectivity index (χ3n) is 2.21. The topological polar surface area (TPSA) is 12.9 Å². The van der Waals surface area contributed by atoms with E-state index < -0.39 is 11.7 Å². The minimum absolute atomic E-state index is 0.0654. The molecule has 0 saturated heterocycles. The molecule has 0 aliphatic heterocycles. The van der Waals surface area contributed by atoms with Crippen LogP contribution in [0.1, 0.15) is 16.0 Å². The van der Waals surface area contributed by atoms with Crippen LogP contribution in [0.25, 0.3) is 10.9 Å². The average molecular weight is 231 g/mol. The third-order valence-corrected chi connectivity index (χ3v) is 2.98.